The van der Waals surface area contributed by atoms with Gasteiger partial charge < -0.3 is 10.1 Å². The van der Waals surface area contributed by atoms with Crippen molar-refractivity contribution in [1.29, 1.82) is 0 Å². The minimum atomic E-state index is -0.993. The number of carbonyl (C=O) groups is 1. The number of anilines is 1. The molecule has 1 atom stereocenters. The number of nitrogens with one attached hydrogen (secondary N) is 1. The normalized spacial score (nSPS) is 12.2. The Hall–Kier alpha value is -2.47. The van der Waals surface area contributed by atoms with Gasteiger partial charge in [-0.15, -0.1) is 0 Å². The van der Waals surface area contributed by atoms with Gasteiger partial charge in [0.15, 0.2) is 11.6 Å². The number of nitrogens with zero attached hydrogens (tertiary/aromatic N) is 1. The number of hydrogen-bond acceptors (Lipinski definition) is 3. The SMILES string of the molecule is COc1c(C)cc(CN(C)C(C)C(=O)Nc2ccc(F)c(F)c2)cc1C. The molecule has 0 bridgehead atoms. The predicted octanol–water partition coefficient (Wildman–Crippen LogP) is 4.05. The summed E-state index contributed by atoms with van der Waals surface area (Å²) < 4.78 is 31.6. The maximum Gasteiger partial charge on any atom is 0.241 e. The van der Waals surface area contributed by atoms with Crippen molar-refractivity contribution in [3.63, 3.8) is 0 Å². The summed E-state index contributed by atoms with van der Waals surface area (Å²) >= 11 is 0. The number of likely N-dealkylation sites (N-methyl/N-ethyl adjacent to an activating group) is 1. The van der Waals surface area contributed by atoms with Gasteiger partial charge in [0.2, 0.25) is 5.91 Å². The molecule has 2 aromatic carbocycles. The van der Waals surface area contributed by atoms with E-state index in [1.807, 2.05) is 37.9 Å². The molecule has 0 aromatic heterocycles. The summed E-state index contributed by atoms with van der Waals surface area (Å²) in [7, 11) is 3.48. The summed E-state index contributed by atoms with van der Waals surface area (Å²) in [6.07, 6.45) is 0. The molecule has 0 aliphatic rings. The summed E-state index contributed by atoms with van der Waals surface area (Å²) in [5.41, 5.74) is 3.37. The number of ether oxygens (including phenoxy) is 1. The second-order valence-corrected chi connectivity index (χ2v) is 6.47. The second-order valence-electron chi connectivity index (χ2n) is 6.47. The molecule has 26 heavy (non-hydrogen) atoms. The van der Waals surface area contributed by atoms with Gasteiger partial charge in [0, 0.05) is 18.3 Å². The standard InChI is InChI=1S/C20H24F2N2O2/c1-12-8-15(9-13(2)19(12)26-5)11-24(4)14(3)20(25)23-16-6-7-17(21)18(22)10-16/h6-10,14H,11H2,1-5H3,(H,23,25). The smallest absolute Gasteiger partial charge is 0.241 e. The summed E-state index contributed by atoms with van der Waals surface area (Å²) in [6, 6.07) is 6.90. The zero-order chi connectivity index (χ0) is 19.4. The molecule has 0 saturated heterocycles. The largest absolute Gasteiger partial charge is 0.496 e. The zero-order valence-corrected chi connectivity index (χ0v) is 15.7. The van der Waals surface area contributed by atoms with Crippen LogP contribution >= 0.6 is 0 Å². The Morgan fingerprint density at radius 1 is 1.15 bits per heavy atom. The van der Waals surface area contributed by atoms with Crippen LogP contribution in [0.1, 0.15) is 23.6 Å². The van der Waals surface area contributed by atoms with E-state index in [1.54, 1.807) is 14.0 Å². The summed E-state index contributed by atoms with van der Waals surface area (Å²) in [5, 5.41) is 2.61. The fourth-order valence-corrected chi connectivity index (χ4v) is 2.90. The van der Waals surface area contributed by atoms with Gasteiger partial charge in [-0.1, -0.05) is 12.1 Å². The minimum Gasteiger partial charge on any atom is -0.496 e. The number of hydrogen-bond donors (Lipinski definition) is 1. The molecular formula is C20H24F2N2O2. The Morgan fingerprint density at radius 2 is 1.77 bits per heavy atom. The Labute approximate surface area is 152 Å². The Morgan fingerprint density at radius 3 is 2.31 bits per heavy atom. The van der Waals surface area contributed by atoms with Gasteiger partial charge in [-0.2, -0.15) is 0 Å². The number of halogens is 2. The maximum absolute atomic E-state index is 13.3. The van der Waals surface area contributed by atoms with Crippen LogP contribution in [0.4, 0.5) is 14.5 Å². The second kappa shape index (κ2) is 8.27. The molecule has 1 unspecified atom stereocenters. The lowest BCUT2D eigenvalue weighted by atomic mass is 10.0. The van der Waals surface area contributed by atoms with Gasteiger partial charge in [-0.25, -0.2) is 8.78 Å². The average Bonchev–Trinajstić information content (AvgIpc) is 2.57. The number of rotatable bonds is 6. The minimum absolute atomic E-state index is 0.227. The molecular weight excluding hydrogens is 338 g/mol. The van der Waals surface area contributed by atoms with Crippen molar-refractivity contribution in [3.8, 4) is 5.75 Å². The number of carbonyl (C=O) groups excluding carboxylic acids is 1. The van der Waals surface area contributed by atoms with Crippen molar-refractivity contribution in [2.45, 2.75) is 33.4 Å². The lowest BCUT2D eigenvalue weighted by Crippen LogP contribution is -2.39. The van der Waals surface area contributed by atoms with Crippen LogP contribution in [0.2, 0.25) is 0 Å². The van der Waals surface area contributed by atoms with E-state index in [1.165, 1.54) is 6.07 Å². The average molecular weight is 362 g/mol. The van der Waals surface area contributed by atoms with Crippen LogP contribution in [0.5, 0.6) is 5.75 Å². The van der Waals surface area contributed by atoms with Crippen molar-refractivity contribution >= 4 is 11.6 Å². The third kappa shape index (κ3) is 4.58. The van der Waals surface area contributed by atoms with Crippen LogP contribution in [0.3, 0.4) is 0 Å². The monoisotopic (exact) mass is 362 g/mol. The number of aryl methyl sites for hydroxylation is 2. The van der Waals surface area contributed by atoms with Crippen molar-refractivity contribution in [1.82, 2.24) is 4.90 Å². The predicted molar refractivity (Wildman–Crippen MR) is 98.4 cm³/mol. The van der Waals surface area contributed by atoms with Crippen molar-refractivity contribution in [2.24, 2.45) is 0 Å². The van der Waals surface area contributed by atoms with Gasteiger partial charge in [0.1, 0.15) is 5.75 Å². The van der Waals surface area contributed by atoms with E-state index in [4.69, 9.17) is 4.74 Å². The van der Waals surface area contributed by atoms with Crippen LogP contribution < -0.4 is 10.1 Å². The van der Waals surface area contributed by atoms with E-state index in [0.717, 1.165) is 34.6 Å². The van der Waals surface area contributed by atoms with Crippen molar-refractivity contribution in [3.05, 3.63) is 58.7 Å². The molecule has 2 rings (SSSR count). The van der Waals surface area contributed by atoms with Crippen LogP contribution in [0.15, 0.2) is 30.3 Å². The highest BCUT2D eigenvalue weighted by Gasteiger charge is 2.19. The molecule has 4 nitrogen and oxygen atoms in total. The molecule has 0 aliphatic carbocycles. The fourth-order valence-electron chi connectivity index (χ4n) is 2.90. The molecule has 0 aliphatic heterocycles. The molecule has 0 fully saturated rings. The Kier molecular flexibility index (Phi) is 6.32. The quantitative estimate of drug-likeness (QED) is 0.843. The maximum atomic E-state index is 13.3. The van der Waals surface area contributed by atoms with Gasteiger partial charge in [0.25, 0.3) is 0 Å². The Balaban J connectivity index is 2.05. The van der Waals surface area contributed by atoms with Crippen molar-refractivity contribution in [2.75, 3.05) is 19.5 Å². The lowest BCUT2D eigenvalue weighted by molar-refractivity contribution is -0.120. The summed E-state index contributed by atoms with van der Waals surface area (Å²) in [4.78, 5) is 14.3. The molecule has 140 valence electrons. The first kappa shape index (κ1) is 19.8. The molecule has 2 aromatic rings. The van der Waals surface area contributed by atoms with Crippen LogP contribution in [0.25, 0.3) is 0 Å². The van der Waals surface area contributed by atoms with Crippen LogP contribution in [-0.4, -0.2) is 31.0 Å². The molecule has 1 N–H and O–H groups in total. The number of amides is 1. The van der Waals surface area contributed by atoms with Gasteiger partial charge in [-0.05, 0) is 56.6 Å². The van der Waals surface area contributed by atoms with E-state index in [9.17, 15) is 13.6 Å². The zero-order valence-electron chi connectivity index (χ0n) is 15.7. The first-order valence-corrected chi connectivity index (χ1v) is 8.33. The first-order chi connectivity index (χ1) is 12.2. The topological polar surface area (TPSA) is 41.6 Å². The third-order valence-electron chi connectivity index (χ3n) is 4.38. The van der Waals surface area contributed by atoms with E-state index in [0.29, 0.717) is 6.54 Å². The van der Waals surface area contributed by atoms with Gasteiger partial charge in [-0.3, -0.25) is 9.69 Å². The van der Waals surface area contributed by atoms with E-state index in [2.05, 4.69) is 5.32 Å². The van der Waals surface area contributed by atoms with Gasteiger partial charge >= 0.3 is 0 Å². The Bertz CT molecular complexity index is 785. The van der Waals surface area contributed by atoms with E-state index in [-0.39, 0.29) is 11.6 Å². The van der Waals surface area contributed by atoms with Crippen LogP contribution in [-0.2, 0) is 11.3 Å². The van der Waals surface area contributed by atoms with Crippen LogP contribution in [0, 0.1) is 25.5 Å². The lowest BCUT2D eigenvalue weighted by Gasteiger charge is -2.24. The molecule has 1 amide bonds. The summed E-state index contributed by atoms with van der Waals surface area (Å²) in [5.74, 6) is -1.37. The molecule has 0 spiro atoms. The highest BCUT2D eigenvalue weighted by Crippen LogP contribution is 2.25. The highest BCUT2D eigenvalue weighted by molar-refractivity contribution is 5.94. The van der Waals surface area contributed by atoms with E-state index >= 15 is 0 Å². The summed E-state index contributed by atoms with van der Waals surface area (Å²) in [6.45, 7) is 6.29. The molecule has 0 saturated carbocycles. The number of methoxy groups -OCH3 is 1. The molecule has 6 heteroatoms. The van der Waals surface area contributed by atoms with Crippen molar-refractivity contribution < 1.29 is 18.3 Å². The van der Waals surface area contributed by atoms with Gasteiger partial charge in [0.05, 0.1) is 13.2 Å². The number of benzene rings is 2. The molecule has 0 heterocycles. The first-order valence-electron chi connectivity index (χ1n) is 8.33. The fraction of sp³-hybridized carbons (Fsp3) is 0.350. The molecule has 0 radical (unpaired) electrons. The third-order valence-corrected chi connectivity index (χ3v) is 4.38. The highest BCUT2D eigenvalue weighted by atomic mass is 19.2. The van der Waals surface area contributed by atoms with E-state index < -0.39 is 17.7 Å².